The third-order valence-corrected chi connectivity index (χ3v) is 3.93. The van der Waals surface area contributed by atoms with E-state index in [2.05, 4.69) is 4.98 Å². The molecule has 108 valence electrons. The molecule has 0 aliphatic heterocycles. The van der Waals surface area contributed by atoms with Gasteiger partial charge in [-0.05, 0) is 31.0 Å². The number of benzene rings is 1. The van der Waals surface area contributed by atoms with E-state index in [0.717, 1.165) is 23.7 Å². The van der Waals surface area contributed by atoms with Gasteiger partial charge in [-0.1, -0.05) is 24.4 Å². The molecule has 21 heavy (non-hydrogen) atoms. The highest BCUT2D eigenvalue weighted by atomic mass is 32.1. The van der Waals surface area contributed by atoms with Gasteiger partial charge in [-0.3, -0.25) is 9.78 Å². The minimum atomic E-state index is 0.0485. The first-order chi connectivity index (χ1) is 10.2. The Morgan fingerprint density at radius 3 is 2.86 bits per heavy atom. The number of nitrogens with zero attached hydrogens (tertiary/aromatic N) is 2. The summed E-state index contributed by atoms with van der Waals surface area (Å²) in [4.78, 5) is 19.5. The zero-order chi connectivity index (χ0) is 14.8. The average molecular weight is 299 g/mol. The number of carbonyl (C=O) groups is 1. The molecule has 1 saturated carbocycles. The minimum absolute atomic E-state index is 0.0485. The van der Waals surface area contributed by atoms with Gasteiger partial charge in [0.2, 0.25) is 0 Å². The fraction of sp³-hybridized carbons (Fsp3) is 0.312. The largest absolute Gasteiger partial charge is 0.393 e. The second-order valence-electron chi connectivity index (χ2n) is 5.32. The zero-order valence-electron chi connectivity index (χ0n) is 11.7. The Morgan fingerprint density at radius 1 is 1.33 bits per heavy atom. The molecule has 1 amide bonds. The van der Waals surface area contributed by atoms with Gasteiger partial charge in [0, 0.05) is 36.2 Å². The third kappa shape index (κ3) is 3.03. The van der Waals surface area contributed by atoms with Crippen molar-refractivity contribution in [3.8, 4) is 0 Å². The van der Waals surface area contributed by atoms with E-state index in [4.69, 9.17) is 18.0 Å². The van der Waals surface area contributed by atoms with Crippen LogP contribution in [0.2, 0.25) is 0 Å². The Morgan fingerprint density at radius 2 is 2.14 bits per heavy atom. The highest BCUT2D eigenvalue weighted by molar-refractivity contribution is 7.80. The number of pyridine rings is 1. The topological polar surface area (TPSA) is 59.2 Å². The fourth-order valence-electron chi connectivity index (χ4n) is 2.51. The second-order valence-corrected chi connectivity index (χ2v) is 5.85. The maximum absolute atomic E-state index is 12.9. The van der Waals surface area contributed by atoms with Crippen molar-refractivity contribution in [2.45, 2.75) is 25.3 Å². The van der Waals surface area contributed by atoms with Crippen molar-refractivity contribution in [3.63, 3.8) is 0 Å². The quantitative estimate of drug-likeness (QED) is 0.862. The molecular formula is C16H17N3OS. The summed E-state index contributed by atoms with van der Waals surface area (Å²) < 4.78 is 0. The lowest BCUT2D eigenvalue weighted by Gasteiger charge is -2.23. The van der Waals surface area contributed by atoms with Crippen molar-refractivity contribution >= 4 is 34.0 Å². The number of hydrogen-bond donors (Lipinski definition) is 1. The van der Waals surface area contributed by atoms with Crippen LogP contribution in [0.15, 0.2) is 36.5 Å². The molecule has 1 aromatic heterocycles. The van der Waals surface area contributed by atoms with Crippen molar-refractivity contribution < 1.29 is 4.79 Å². The smallest absolute Gasteiger partial charge is 0.254 e. The molecule has 1 fully saturated rings. The summed E-state index contributed by atoms with van der Waals surface area (Å²) in [5.41, 5.74) is 7.12. The zero-order valence-corrected chi connectivity index (χ0v) is 12.5. The van der Waals surface area contributed by atoms with Gasteiger partial charge in [-0.15, -0.1) is 0 Å². The van der Waals surface area contributed by atoms with Gasteiger partial charge < -0.3 is 10.6 Å². The summed E-state index contributed by atoms with van der Waals surface area (Å²) in [6.45, 7) is 0.593. The van der Waals surface area contributed by atoms with Crippen LogP contribution in [0, 0.1) is 0 Å². The lowest BCUT2D eigenvalue weighted by atomic mass is 10.1. The standard InChI is InChI=1S/C16H17N3OS/c17-15(21)8-10-19(11-6-7-11)16(20)13-3-1-5-14-12(13)4-2-9-18-14/h1-5,9,11H,6-8,10H2,(H2,17,21). The number of hydrogen-bond acceptors (Lipinski definition) is 3. The molecule has 0 unspecified atom stereocenters. The molecule has 1 aliphatic carbocycles. The van der Waals surface area contributed by atoms with Gasteiger partial charge >= 0.3 is 0 Å². The molecule has 1 aliphatic rings. The van der Waals surface area contributed by atoms with Gasteiger partial charge in [-0.25, -0.2) is 0 Å². The molecule has 3 rings (SSSR count). The molecular weight excluding hydrogens is 282 g/mol. The predicted molar refractivity (Wildman–Crippen MR) is 87.2 cm³/mol. The van der Waals surface area contributed by atoms with E-state index in [9.17, 15) is 4.79 Å². The summed E-state index contributed by atoms with van der Waals surface area (Å²) in [6.07, 6.45) is 4.43. The number of amides is 1. The van der Waals surface area contributed by atoms with Crippen molar-refractivity contribution in [1.29, 1.82) is 0 Å². The Labute approximate surface area is 129 Å². The van der Waals surface area contributed by atoms with Gasteiger partial charge in [0.15, 0.2) is 0 Å². The van der Waals surface area contributed by atoms with Crippen LogP contribution in [-0.2, 0) is 0 Å². The summed E-state index contributed by atoms with van der Waals surface area (Å²) in [7, 11) is 0. The lowest BCUT2D eigenvalue weighted by Crippen LogP contribution is -2.35. The van der Waals surface area contributed by atoms with E-state index < -0.39 is 0 Å². The Kier molecular flexibility index (Phi) is 3.84. The van der Waals surface area contributed by atoms with E-state index in [1.807, 2.05) is 35.2 Å². The van der Waals surface area contributed by atoms with Crippen LogP contribution in [0.4, 0.5) is 0 Å². The van der Waals surface area contributed by atoms with E-state index in [0.29, 0.717) is 29.6 Å². The molecule has 4 nitrogen and oxygen atoms in total. The molecule has 1 aromatic carbocycles. The molecule has 2 aromatic rings. The molecule has 2 N–H and O–H groups in total. The maximum Gasteiger partial charge on any atom is 0.254 e. The molecule has 0 atom stereocenters. The summed E-state index contributed by atoms with van der Waals surface area (Å²) in [5.74, 6) is 0.0485. The highest BCUT2D eigenvalue weighted by Gasteiger charge is 2.33. The molecule has 0 saturated heterocycles. The van der Waals surface area contributed by atoms with Gasteiger partial charge in [-0.2, -0.15) is 0 Å². The highest BCUT2D eigenvalue weighted by Crippen LogP contribution is 2.29. The van der Waals surface area contributed by atoms with Crippen LogP contribution in [0.25, 0.3) is 10.9 Å². The lowest BCUT2D eigenvalue weighted by molar-refractivity contribution is 0.0750. The summed E-state index contributed by atoms with van der Waals surface area (Å²) in [5, 5.41) is 0.894. The van der Waals surface area contributed by atoms with Crippen molar-refractivity contribution in [2.75, 3.05) is 6.54 Å². The fourth-order valence-corrected chi connectivity index (χ4v) is 2.60. The van der Waals surface area contributed by atoms with Crippen molar-refractivity contribution in [2.24, 2.45) is 5.73 Å². The second kappa shape index (κ2) is 5.77. The summed E-state index contributed by atoms with van der Waals surface area (Å²) >= 11 is 4.93. The molecule has 0 radical (unpaired) electrons. The van der Waals surface area contributed by atoms with Crippen LogP contribution >= 0.6 is 12.2 Å². The van der Waals surface area contributed by atoms with Crippen molar-refractivity contribution in [3.05, 3.63) is 42.1 Å². The summed E-state index contributed by atoms with van der Waals surface area (Å²) in [6, 6.07) is 9.79. The number of nitrogens with two attached hydrogens (primary N) is 1. The van der Waals surface area contributed by atoms with Crippen LogP contribution < -0.4 is 5.73 Å². The monoisotopic (exact) mass is 299 g/mol. The molecule has 5 heteroatoms. The first-order valence-electron chi connectivity index (χ1n) is 7.10. The number of rotatable bonds is 5. The minimum Gasteiger partial charge on any atom is -0.393 e. The van der Waals surface area contributed by atoms with E-state index in [1.54, 1.807) is 6.20 Å². The van der Waals surface area contributed by atoms with Crippen LogP contribution in [0.5, 0.6) is 0 Å². The number of fused-ring (bicyclic) bond motifs is 1. The van der Waals surface area contributed by atoms with Crippen LogP contribution in [0.3, 0.4) is 0 Å². The SMILES string of the molecule is NC(=S)CCN(C(=O)c1cccc2ncccc12)C1CC1. The van der Waals surface area contributed by atoms with E-state index in [1.165, 1.54) is 0 Å². The van der Waals surface area contributed by atoms with Crippen molar-refractivity contribution in [1.82, 2.24) is 9.88 Å². The van der Waals surface area contributed by atoms with Crippen LogP contribution in [0.1, 0.15) is 29.6 Å². The van der Waals surface area contributed by atoms with Gasteiger partial charge in [0.1, 0.15) is 0 Å². The van der Waals surface area contributed by atoms with Gasteiger partial charge in [0.05, 0.1) is 10.5 Å². The number of carbonyl (C=O) groups excluding carboxylic acids is 1. The van der Waals surface area contributed by atoms with Gasteiger partial charge in [0.25, 0.3) is 5.91 Å². The Hall–Kier alpha value is -2.01. The third-order valence-electron chi connectivity index (χ3n) is 3.72. The average Bonchev–Trinajstić information content (AvgIpc) is 3.31. The predicted octanol–water partition coefficient (Wildman–Crippen LogP) is 2.52. The molecule has 1 heterocycles. The Balaban J connectivity index is 1.92. The Bertz CT molecular complexity index is 691. The maximum atomic E-state index is 12.9. The molecule has 0 bridgehead atoms. The molecule has 0 spiro atoms. The van der Waals surface area contributed by atoms with E-state index >= 15 is 0 Å². The first kappa shape index (κ1) is 13.9. The van der Waals surface area contributed by atoms with E-state index in [-0.39, 0.29) is 5.91 Å². The van der Waals surface area contributed by atoms with Crippen LogP contribution in [-0.4, -0.2) is 33.4 Å². The number of aromatic nitrogens is 1. The number of thiocarbonyl (C=S) groups is 1. The first-order valence-corrected chi connectivity index (χ1v) is 7.50. The normalized spacial score (nSPS) is 14.1.